The molecular weight excluding hydrogens is 188 g/mol. The highest BCUT2D eigenvalue weighted by Gasteiger charge is 2.36. The molecule has 2 aliphatic heterocycles. The van der Waals surface area contributed by atoms with E-state index >= 15 is 0 Å². The lowest BCUT2D eigenvalue weighted by Gasteiger charge is -2.31. The third-order valence-electron chi connectivity index (χ3n) is 3.87. The minimum Gasteiger partial charge on any atom is -0.306 e. The second-order valence-electron chi connectivity index (χ2n) is 5.16. The number of nitrogens with zero attached hydrogens (tertiary/aromatic N) is 2. The number of hydrogen-bond donors (Lipinski definition) is 0. The van der Waals surface area contributed by atoms with Gasteiger partial charge >= 0.3 is 0 Å². The molecule has 0 aromatic carbocycles. The zero-order valence-corrected chi connectivity index (χ0v) is 9.91. The number of carbonyl (C=O) groups is 1. The summed E-state index contributed by atoms with van der Waals surface area (Å²) in [7, 11) is 2.20. The summed E-state index contributed by atoms with van der Waals surface area (Å²) >= 11 is 0. The van der Waals surface area contributed by atoms with Crippen molar-refractivity contribution in [1.29, 1.82) is 0 Å². The number of hydrogen-bond acceptors (Lipinski definition) is 3. The van der Waals surface area contributed by atoms with E-state index in [0.717, 1.165) is 24.9 Å². The maximum absolute atomic E-state index is 11.4. The monoisotopic (exact) mass is 210 g/mol. The Labute approximate surface area is 92.4 Å². The van der Waals surface area contributed by atoms with Crippen molar-refractivity contribution in [3.05, 3.63) is 0 Å². The number of ketones is 1. The van der Waals surface area contributed by atoms with Gasteiger partial charge in [-0.15, -0.1) is 0 Å². The number of carbonyl (C=O) groups excluding carboxylic acids is 1. The molecule has 0 saturated carbocycles. The van der Waals surface area contributed by atoms with E-state index in [0.29, 0.717) is 18.7 Å². The Bertz CT molecular complexity index is 242. The summed E-state index contributed by atoms with van der Waals surface area (Å²) in [5, 5.41) is 0. The summed E-state index contributed by atoms with van der Waals surface area (Å²) in [5.41, 5.74) is 0. The first-order valence-electron chi connectivity index (χ1n) is 6.11. The van der Waals surface area contributed by atoms with Crippen LogP contribution < -0.4 is 0 Å². The first kappa shape index (κ1) is 11.1. The van der Waals surface area contributed by atoms with Crippen molar-refractivity contribution >= 4 is 5.78 Å². The SMILES string of the molecule is CCC(=O)CN1CC2CCN(C)CC2C1. The van der Waals surface area contributed by atoms with E-state index in [-0.39, 0.29) is 0 Å². The van der Waals surface area contributed by atoms with Gasteiger partial charge in [0.1, 0.15) is 5.78 Å². The van der Waals surface area contributed by atoms with Crippen LogP contribution in [0.2, 0.25) is 0 Å². The molecule has 2 saturated heterocycles. The maximum atomic E-state index is 11.4. The van der Waals surface area contributed by atoms with Crippen LogP contribution in [-0.2, 0) is 4.79 Å². The van der Waals surface area contributed by atoms with Crippen LogP contribution in [0.3, 0.4) is 0 Å². The molecule has 0 aromatic rings. The smallest absolute Gasteiger partial charge is 0.146 e. The molecule has 2 aliphatic rings. The molecule has 0 spiro atoms. The molecule has 0 amide bonds. The molecule has 2 rings (SSSR count). The van der Waals surface area contributed by atoms with Gasteiger partial charge in [-0.05, 0) is 31.8 Å². The second-order valence-corrected chi connectivity index (χ2v) is 5.16. The number of piperidine rings is 1. The van der Waals surface area contributed by atoms with E-state index < -0.39 is 0 Å². The third kappa shape index (κ3) is 2.58. The lowest BCUT2D eigenvalue weighted by molar-refractivity contribution is -0.119. The number of likely N-dealkylation sites (tertiary alicyclic amines) is 2. The highest BCUT2D eigenvalue weighted by atomic mass is 16.1. The van der Waals surface area contributed by atoms with Crippen LogP contribution >= 0.6 is 0 Å². The minimum absolute atomic E-state index is 0.391. The van der Waals surface area contributed by atoms with Crippen molar-refractivity contribution in [1.82, 2.24) is 9.80 Å². The highest BCUT2D eigenvalue weighted by molar-refractivity contribution is 5.80. The molecule has 0 radical (unpaired) electrons. The van der Waals surface area contributed by atoms with Gasteiger partial charge in [0.05, 0.1) is 6.54 Å². The van der Waals surface area contributed by atoms with Gasteiger partial charge in [-0.25, -0.2) is 0 Å². The summed E-state index contributed by atoms with van der Waals surface area (Å²) in [6, 6.07) is 0. The average molecular weight is 210 g/mol. The van der Waals surface area contributed by atoms with Gasteiger partial charge in [0, 0.05) is 26.1 Å². The van der Waals surface area contributed by atoms with Crippen LogP contribution in [-0.4, -0.2) is 55.4 Å². The molecule has 15 heavy (non-hydrogen) atoms. The van der Waals surface area contributed by atoms with Crippen molar-refractivity contribution in [3.63, 3.8) is 0 Å². The van der Waals surface area contributed by atoms with Crippen molar-refractivity contribution in [2.45, 2.75) is 19.8 Å². The second kappa shape index (κ2) is 4.62. The zero-order valence-electron chi connectivity index (χ0n) is 9.91. The molecule has 2 atom stereocenters. The normalized spacial score (nSPS) is 32.9. The molecule has 3 nitrogen and oxygen atoms in total. The van der Waals surface area contributed by atoms with Crippen LogP contribution in [0.25, 0.3) is 0 Å². The van der Waals surface area contributed by atoms with Crippen LogP contribution in [0.1, 0.15) is 19.8 Å². The molecule has 3 heteroatoms. The summed E-state index contributed by atoms with van der Waals surface area (Å²) in [5.74, 6) is 2.06. The van der Waals surface area contributed by atoms with Crippen molar-refractivity contribution < 1.29 is 4.79 Å². The lowest BCUT2D eigenvalue weighted by Crippen LogP contribution is -2.37. The van der Waals surface area contributed by atoms with E-state index in [1.54, 1.807) is 0 Å². The van der Waals surface area contributed by atoms with Gasteiger partial charge in [-0.3, -0.25) is 9.69 Å². The zero-order chi connectivity index (χ0) is 10.8. The Kier molecular flexibility index (Phi) is 3.42. The Morgan fingerprint density at radius 2 is 2.00 bits per heavy atom. The summed E-state index contributed by atoms with van der Waals surface area (Å²) in [4.78, 5) is 16.2. The van der Waals surface area contributed by atoms with Gasteiger partial charge in [-0.1, -0.05) is 6.92 Å². The Hall–Kier alpha value is -0.410. The van der Waals surface area contributed by atoms with E-state index in [1.807, 2.05) is 6.92 Å². The molecule has 0 N–H and O–H groups in total. The van der Waals surface area contributed by atoms with Crippen molar-refractivity contribution in [2.24, 2.45) is 11.8 Å². The Balaban J connectivity index is 1.85. The van der Waals surface area contributed by atoms with Crippen LogP contribution in [0, 0.1) is 11.8 Å². The molecular formula is C12H22N2O. The standard InChI is InChI=1S/C12H22N2O/c1-3-12(15)9-14-7-10-4-5-13(2)6-11(10)8-14/h10-11H,3-9H2,1-2H3. The fraction of sp³-hybridized carbons (Fsp3) is 0.917. The van der Waals surface area contributed by atoms with Crippen molar-refractivity contribution in [3.8, 4) is 0 Å². The summed E-state index contributed by atoms with van der Waals surface area (Å²) < 4.78 is 0. The topological polar surface area (TPSA) is 23.6 Å². The highest BCUT2D eigenvalue weighted by Crippen LogP contribution is 2.30. The van der Waals surface area contributed by atoms with Gasteiger partial charge in [-0.2, -0.15) is 0 Å². The molecule has 0 aliphatic carbocycles. The quantitative estimate of drug-likeness (QED) is 0.690. The van der Waals surface area contributed by atoms with Crippen LogP contribution in [0.15, 0.2) is 0 Å². The third-order valence-corrected chi connectivity index (χ3v) is 3.87. The molecule has 0 aromatic heterocycles. The summed E-state index contributed by atoms with van der Waals surface area (Å²) in [6.45, 7) is 7.40. The first-order valence-corrected chi connectivity index (χ1v) is 6.11. The van der Waals surface area contributed by atoms with E-state index in [2.05, 4.69) is 16.8 Å². The number of rotatable bonds is 3. The summed E-state index contributed by atoms with van der Waals surface area (Å²) in [6.07, 6.45) is 2.00. The molecule has 0 bridgehead atoms. The van der Waals surface area contributed by atoms with Gasteiger partial charge in [0.2, 0.25) is 0 Å². The molecule has 2 fully saturated rings. The van der Waals surface area contributed by atoms with Crippen LogP contribution in [0.5, 0.6) is 0 Å². The predicted molar refractivity (Wildman–Crippen MR) is 60.8 cm³/mol. The maximum Gasteiger partial charge on any atom is 0.146 e. The molecule has 2 unspecified atom stereocenters. The van der Waals surface area contributed by atoms with Gasteiger partial charge < -0.3 is 4.90 Å². The number of fused-ring (bicyclic) bond motifs is 1. The fourth-order valence-electron chi connectivity index (χ4n) is 2.94. The molecule has 2 heterocycles. The lowest BCUT2D eigenvalue weighted by atomic mass is 9.89. The average Bonchev–Trinajstić information content (AvgIpc) is 2.59. The Morgan fingerprint density at radius 3 is 2.73 bits per heavy atom. The first-order chi connectivity index (χ1) is 7.19. The predicted octanol–water partition coefficient (Wildman–Crippen LogP) is 0.849. The largest absolute Gasteiger partial charge is 0.306 e. The number of Topliss-reactive ketones (excluding diaryl/α,β-unsaturated/α-hetero) is 1. The van der Waals surface area contributed by atoms with E-state index in [9.17, 15) is 4.79 Å². The Morgan fingerprint density at radius 1 is 1.27 bits per heavy atom. The fourth-order valence-corrected chi connectivity index (χ4v) is 2.94. The van der Waals surface area contributed by atoms with E-state index in [1.165, 1.54) is 19.5 Å². The van der Waals surface area contributed by atoms with Gasteiger partial charge in [0.25, 0.3) is 0 Å². The molecule has 86 valence electrons. The minimum atomic E-state index is 0.391. The van der Waals surface area contributed by atoms with E-state index in [4.69, 9.17) is 0 Å². The van der Waals surface area contributed by atoms with Crippen LogP contribution in [0.4, 0.5) is 0 Å². The van der Waals surface area contributed by atoms with Crippen molar-refractivity contribution in [2.75, 3.05) is 39.8 Å². The van der Waals surface area contributed by atoms with Gasteiger partial charge in [0.15, 0.2) is 0 Å².